The zero-order valence-corrected chi connectivity index (χ0v) is 13.2. The second-order valence-electron chi connectivity index (χ2n) is 5.46. The van der Waals surface area contributed by atoms with Gasteiger partial charge in [0.2, 0.25) is 0 Å². The summed E-state index contributed by atoms with van der Waals surface area (Å²) in [5.41, 5.74) is 4.14. The van der Waals surface area contributed by atoms with Gasteiger partial charge < -0.3 is 5.11 Å². The van der Waals surface area contributed by atoms with Gasteiger partial charge >= 0.3 is 0 Å². The number of phenolic OH excluding ortho intramolecular Hbond substituents is 1. The molecule has 120 valence electrons. The summed E-state index contributed by atoms with van der Waals surface area (Å²) in [6.07, 6.45) is 6.75. The van der Waals surface area contributed by atoms with Crippen LogP contribution in [0.1, 0.15) is 0 Å². The highest BCUT2D eigenvalue weighted by Gasteiger charge is 2.13. The van der Waals surface area contributed by atoms with Crippen molar-refractivity contribution in [3.63, 3.8) is 0 Å². The first-order valence-corrected chi connectivity index (χ1v) is 7.79. The van der Waals surface area contributed by atoms with Crippen LogP contribution >= 0.6 is 0 Å². The highest BCUT2D eigenvalue weighted by atomic mass is 16.3. The topological polar surface area (TPSA) is 71.8 Å². The molecule has 0 bridgehead atoms. The van der Waals surface area contributed by atoms with E-state index in [-0.39, 0.29) is 5.75 Å². The summed E-state index contributed by atoms with van der Waals surface area (Å²) in [7, 11) is 0. The molecule has 4 rings (SSSR count). The highest BCUT2D eigenvalue weighted by molar-refractivity contribution is 5.79. The zero-order valence-electron chi connectivity index (χ0n) is 13.2. The highest BCUT2D eigenvalue weighted by Crippen LogP contribution is 2.30. The first-order valence-electron chi connectivity index (χ1n) is 7.79. The van der Waals surface area contributed by atoms with E-state index in [0.717, 1.165) is 28.1 Å². The average Bonchev–Trinajstić information content (AvgIpc) is 2.69. The summed E-state index contributed by atoms with van der Waals surface area (Å²) in [4.78, 5) is 17.8. The van der Waals surface area contributed by atoms with Gasteiger partial charge in [-0.15, -0.1) is 0 Å². The normalized spacial score (nSPS) is 10.6. The van der Waals surface area contributed by atoms with Gasteiger partial charge in [0.05, 0.1) is 17.6 Å². The van der Waals surface area contributed by atoms with E-state index in [1.54, 1.807) is 49.1 Å². The van der Waals surface area contributed by atoms with E-state index in [1.165, 1.54) is 0 Å². The lowest BCUT2D eigenvalue weighted by Crippen LogP contribution is -1.97. The van der Waals surface area contributed by atoms with Crippen molar-refractivity contribution in [2.75, 3.05) is 0 Å². The van der Waals surface area contributed by atoms with E-state index in [2.05, 4.69) is 15.0 Å². The maximum atomic E-state index is 9.47. The molecule has 0 saturated heterocycles. The van der Waals surface area contributed by atoms with Crippen LogP contribution in [-0.4, -0.2) is 25.0 Å². The fraction of sp³-hybridized carbons (Fsp3) is 0. The quantitative estimate of drug-likeness (QED) is 0.616. The number of hydrogen-bond donors (Lipinski definition) is 1. The number of hydrogen-bond acceptors (Lipinski definition) is 5. The standard InChI is InChI=1S/C20H14N4O/c25-16-8-6-15(7-9-16)20-23-12-17(18-13-21-10-11-22-18)19(24-20)14-4-2-1-3-5-14/h1-13,25H. The lowest BCUT2D eigenvalue weighted by Gasteiger charge is -2.10. The van der Waals surface area contributed by atoms with Gasteiger partial charge in [0.15, 0.2) is 5.82 Å². The summed E-state index contributed by atoms with van der Waals surface area (Å²) >= 11 is 0. The zero-order chi connectivity index (χ0) is 17.1. The van der Waals surface area contributed by atoms with Crippen LogP contribution in [0.15, 0.2) is 79.4 Å². The van der Waals surface area contributed by atoms with Gasteiger partial charge in [-0.3, -0.25) is 9.97 Å². The molecule has 0 fully saturated rings. The molecule has 5 heteroatoms. The minimum atomic E-state index is 0.211. The molecule has 4 aromatic rings. The predicted octanol–water partition coefficient (Wildman–Crippen LogP) is 3.97. The number of phenols is 1. The van der Waals surface area contributed by atoms with Crippen LogP contribution in [0.25, 0.3) is 33.9 Å². The van der Waals surface area contributed by atoms with Gasteiger partial charge in [-0.25, -0.2) is 9.97 Å². The molecule has 0 unspecified atom stereocenters. The minimum Gasteiger partial charge on any atom is -0.508 e. The Balaban J connectivity index is 1.90. The van der Waals surface area contributed by atoms with E-state index >= 15 is 0 Å². The van der Waals surface area contributed by atoms with Crippen LogP contribution in [0, 0.1) is 0 Å². The van der Waals surface area contributed by atoms with Crippen LogP contribution in [0.2, 0.25) is 0 Å². The molecule has 0 spiro atoms. The van der Waals surface area contributed by atoms with Crippen molar-refractivity contribution in [3.05, 3.63) is 79.4 Å². The molecule has 0 saturated carbocycles. The summed E-state index contributed by atoms with van der Waals surface area (Å²) in [5.74, 6) is 0.801. The Kier molecular flexibility index (Phi) is 3.88. The number of nitrogens with zero attached hydrogens (tertiary/aromatic N) is 4. The van der Waals surface area contributed by atoms with Gasteiger partial charge in [0.25, 0.3) is 0 Å². The minimum absolute atomic E-state index is 0.211. The summed E-state index contributed by atoms with van der Waals surface area (Å²) in [5, 5.41) is 9.47. The number of aromatic hydroxyl groups is 1. The van der Waals surface area contributed by atoms with Gasteiger partial charge in [-0.2, -0.15) is 0 Å². The Labute approximate surface area is 144 Å². The van der Waals surface area contributed by atoms with Gasteiger partial charge in [0.1, 0.15) is 5.75 Å². The molecule has 2 aromatic heterocycles. The lowest BCUT2D eigenvalue weighted by molar-refractivity contribution is 0.475. The third-order valence-electron chi connectivity index (χ3n) is 3.80. The van der Waals surface area contributed by atoms with Gasteiger partial charge in [0, 0.05) is 35.3 Å². The Bertz CT molecular complexity index is 987. The Morgan fingerprint density at radius 2 is 1.52 bits per heavy atom. The molecule has 0 aliphatic heterocycles. The molecule has 1 N–H and O–H groups in total. The monoisotopic (exact) mass is 326 g/mol. The first kappa shape index (κ1) is 15.0. The number of rotatable bonds is 3. The summed E-state index contributed by atoms with van der Waals surface area (Å²) in [6.45, 7) is 0. The van der Waals surface area contributed by atoms with Crippen molar-refractivity contribution in [2.45, 2.75) is 0 Å². The van der Waals surface area contributed by atoms with Crippen molar-refractivity contribution in [1.82, 2.24) is 19.9 Å². The Morgan fingerprint density at radius 3 is 2.24 bits per heavy atom. The Hall–Kier alpha value is -3.60. The fourth-order valence-electron chi connectivity index (χ4n) is 2.57. The SMILES string of the molecule is Oc1ccc(-c2ncc(-c3cnccn3)c(-c3ccccc3)n2)cc1. The Morgan fingerprint density at radius 1 is 0.720 bits per heavy atom. The fourth-order valence-corrected chi connectivity index (χ4v) is 2.57. The molecule has 2 aromatic carbocycles. The van der Waals surface area contributed by atoms with Crippen LogP contribution in [-0.2, 0) is 0 Å². The molecule has 0 amide bonds. The third-order valence-corrected chi connectivity index (χ3v) is 3.80. The van der Waals surface area contributed by atoms with Crippen LogP contribution in [0.4, 0.5) is 0 Å². The van der Waals surface area contributed by atoms with Crippen molar-refractivity contribution in [1.29, 1.82) is 0 Å². The maximum Gasteiger partial charge on any atom is 0.159 e. The molecule has 5 nitrogen and oxygen atoms in total. The van der Waals surface area contributed by atoms with Crippen LogP contribution < -0.4 is 0 Å². The molecule has 0 atom stereocenters. The first-order chi connectivity index (χ1) is 12.3. The van der Waals surface area contributed by atoms with E-state index in [1.807, 2.05) is 30.3 Å². The largest absolute Gasteiger partial charge is 0.508 e. The third kappa shape index (κ3) is 3.07. The second-order valence-corrected chi connectivity index (χ2v) is 5.46. The van der Waals surface area contributed by atoms with E-state index < -0.39 is 0 Å². The second kappa shape index (κ2) is 6.49. The van der Waals surface area contributed by atoms with Crippen LogP contribution in [0.3, 0.4) is 0 Å². The lowest BCUT2D eigenvalue weighted by atomic mass is 10.0. The van der Waals surface area contributed by atoms with E-state index in [9.17, 15) is 5.11 Å². The maximum absolute atomic E-state index is 9.47. The number of aromatic nitrogens is 4. The average molecular weight is 326 g/mol. The van der Waals surface area contributed by atoms with E-state index in [4.69, 9.17) is 4.98 Å². The molecule has 2 heterocycles. The molecule has 25 heavy (non-hydrogen) atoms. The van der Waals surface area contributed by atoms with Crippen molar-refractivity contribution < 1.29 is 5.11 Å². The van der Waals surface area contributed by atoms with Crippen molar-refractivity contribution >= 4 is 0 Å². The smallest absolute Gasteiger partial charge is 0.159 e. The molecular formula is C20H14N4O. The van der Waals surface area contributed by atoms with E-state index in [0.29, 0.717) is 5.82 Å². The molecule has 0 aliphatic carbocycles. The summed E-state index contributed by atoms with van der Waals surface area (Å²) < 4.78 is 0. The molecule has 0 radical (unpaired) electrons. The van der Waals surface area contributed by atoms with Crippen molar-refractivity contribution in [3.8, 4) is 39.7 Å². The van der Waals surface area contributed by atoms with Gasteiger partial charge in [-0.1, -0.05) is 30.3 Å². The predicted molar refractivity (Wildman–Crippen MR) is 95.6 cm³/mol. The van der Waals surface area contributed by atoms with Crippen molar-refractivity contribution in [2.24, 2.45) is 0 Å². The number of benzene rings is 2. The molecule has 0 aliphatic rings. The molecular weight excluding hydrogens is 312 g/mol. The van der Waals surface area contributed by atoms with Gasteiger partial charge in [-0.05, 0) is 24.3 Å². The summed E-state index contributed by atoms with van der Waals surface area (Å²) in [6, 6.07) is 16.7. The van der Waals surface area contributed by atoms with Crippen LogP contribution in [0.5, 0.6) is 5.75 Å².